The average molecular weight is 641 g/mol. The maximum atomic E-state index is 14.0. The van der Waals surface area contributed by atoms with Gasteiger partial charge in [-0.05, 0) is 54.8 Å². The van der Waals surface area contributed by atoms with Gasteiger partial charge in [0, 0.05) is 36.2 Å². The van der Waals surface area contributed by atoms with E-state index in [9.17, 15) is 13.2 Å². The van der Waals surface area contributed by atoms with Crippen LogP contribution in [0.25, 0.3) is 16.9 Å². The van der Waals surface area contributed by atoms with E-state index in [2.05, 4.69) is 30.8 Å². The van der Waals surface area contributed by atoms with Crippen LogP contribution in [-0.4, -0.2) is 84.2 Å². The molecular formula is C27H29ClN10O5S. The molecule has 4 heterocycles. The summed E-state index contributed by atoms with van der Waals surface area (Å²) in [5, 5.41) is 20.0. The van der Waals surface area contributed by atoms with Gasteiger partial charge in [-0.3, -0.25) is 4.79 Å². The van der Waals surface area contributed by atoms with E-state index in [0.29, 0.717) is 53.9 Å². The number of tetrazole rings is 1. The highest BCUT2D eigenvalue weighted by Gasteiger charge is 2.34. The largest absolute Gasteiger partial charge is 0.492 e. The first-order valence-electron chi connectivity index (χ1n) is 14.0. The number of hydrogen-bond acceptors (Lipinski definition) is 11. The summed E-state index contributed by atoms with van der Waals surface area (Å²) in [4.78, 5) is 20.4. The minimum Gasteiger partial charge on any atom is -0.492 e. The Bertz CT molecular complexity index is 1950. The van der Waals surface area contributed by atoms with Crippen LogP contribution in [0.5, 0.6) is 11.5 Å². The van der Waals surface area contributed by atoms with Gasteiger partial charge in [0.05, 0.1) is 19.8 Å². The van der Waals surface area contributed by atoms with Crippen molar-refractivity contribution in [2.75, 3.05) is 26.3 Å². The van der Waals surface area contributed by atoms with E-state index in [4.69, 9.17) is 26.1 Å². The summed E-state index contributed by atoms with van der Waals surface area (Å²) in [7, 11) is -3.99. The molecule has 5 aromatic rings. The van der Waals surface area contributed by atoms with E-state index >= 15 is 0 Å². The maximum Gasteiger partial charge on any atom is 0.281 e. The van der Waals surface area contributed by atoms with Gasteiger partial charge in [0.15, 0.2) is 11.2 Å². The second-order valence-electron chi connectivity index (χ2n) is 10.1. The molecule has 1 aliphatic heterocycles. The van der Waals surface area contributed by atoms with Crippen LogP contribution in [0.1, 0.15) is 44.0 Å². The molecule has 1 fully saturated rings. The highest BCUT2D eigenvalue weighted by Crippen LogP contribution is 2.38. The molecule has 1 aliphatic rings. The Kier molecular flexibility index (Phi) is 8.29. The molecule has 0 saturated carbocycles. The Morgan fingerprint density at radius 3 is 2.52 bits per heavy atom. The first kappa shape index (κ1) is 29.7. The summed E-state index contributed by atoms with van der Waals surface area (Å²) in [5.74, 6) is 0.754. The molecule has 0 unspecified atom stereocenters. The van der Waals surface area contributed by atoms with Crippen molar-refractivity contribution in [1.82, 2.24) is 49.5 Å². The molecule has 6 rings (SSSR count). The number of hydrogen-bond donors (Lipinski definition) is 1. The molecule has 15 nitrogen and oxygen atoms in total. The Balaban J connectivity index is 1.25. The molecule has 17 heteroatoms. The molecule has 0 atom stereocenters. The third-order valence-electron chi connectivity index (χ3n) is 7.29. The number of aromatic nitrogens is 9. The normalized spacial score (nSPS) is 14.7. The van der Waals surface area contributed by atoms with E-state index in [-0.39, 0.29) is 41.8 Å². The lowest BCUT2D eigenvalue weighted by Gasteiger charge is -2.31. The van der Waals surface area contributed by atoms with Gasteiger partial charge in [-0.25, -0.2) is 18.1 Å². The zero-order valence-electron chi connectivity index (χ0n) is 23.9. The topological polar surface area (TPSA) is 176 Å². The number of piperidine rings is 1. The summed E-state index contributed by atoms with van der Waals surface area (Å²) in [6.45, 7) is 4.87. The van der Waals surface area contributed by atoms with Gasteiger partial charge in [0.1, 0.15) is 34.2 Å². The van der Waals surface area contributed by atoms with Gasteiger partial charge < -0.3 is 14.5 Å². The fraction of sp³-hybridized carbons (Fsp3) is 0.370. The SMILES string of the molecule is CCOc1cc(S(=O)(=O)N2CCC(c3nc4c(nnn4Cc4cccc(Cl)c4)c(=O)[nH]3)CC2)c(OCC)cc1-n1cnnn1. The van der Waals surface area contributed by atoms with Crippen molar-refractivity contribution in [2.45, 2.75) is 44.0 Å². The highest BCUT2D eigenvalue weighted by molar-refractivity contribution is 7.89. The number of aromatic amines is 1. The Morgan fingerprint density at radius 2 is 1.82 bits per heavy atom. The van der Waals surface area contributed by atoms with Crippen LogP contribution in [0.15, 0.2) is 52.4 Å². The second-order valence-corrected chi connectivity index (χ2v) is 12.4. The molecule has 2 aromatic carbocycles. The van der Waals surface area contributed by atoms with Gasteiger partial charge in [0.25, 0.3) is 5.56 Å². The van der Waals surface area contributed by atoms with Gasteiger partial charge in [-0.2, -0.15) is 8.99 Å². The maximum absolute atomic E-state index is 14.0. The van der Waals surface area contributed by atoms with Crippen molar-refractivity contribution in [1.29, 1.82) is 0 Å². The fourth-order valence-corrected chi connectivity index (χ4v) is 7.03. The molecule has 0 bridgehead atoms. The fourth-order valence-electron chi connectivity index (χ4n) is 5.22. The second kappa shape index (κ2) is 12.3. The number of H-pyrrole nitrogens is 1. The molecule has 230 valence electrons. The van der Waals surface area contributed by atoms with Crippen LogP contribution in [0.4, 0.5) is 0 Å². The molecule has 0 amide bonds. The number of sulfonamides is 1. The smallest absolute Gasteiger partial charge is 0.281 e. The number of benzene rings is 2. The molecule has 0 radical (unpaired) electrons. The zero-order valence-corrected chi connectivity index (χ0v) is 25.5. The highest BCUT2D eigenvalue weighted by atomic mass is 35.5. The summed E-state index contributed by atoms with van der Waals surface area (Å²) >= 11 is 6.13. The number of fused-ring (bicyclic) bond motifs is 1. The summed E-state index contributed by atoms with van der Waals surface area (Å²) in [5.41, 5.74) is 1.43. The predicted octanol–water partition coefficient (Wildman–Crippen LogP) is 2.56. The van der Waals surface area contributed by atoms with Crippen molar-refractivity contribution in [2.24, 2.45) is 0 Å². The van der Waals surface area contributed by atoms with Crippen LogP contribution in [0.2, 0.25) is 5.02 Å². The number of rotatable bonds is 10. The molecular weight excluding hydrogens is 612 g/mol. The van der Waals surface area contributed by atoms with E-state index < -0.39 is 15.6 Å². The van der Waals surface area contributed by atoms with Crippen molar-refractivity contribution < 1.29 is 17.9 Å². The van der Waals surface area contributed by atoms with Crippen LogP contribution in [0.3, 0.4) is 0 Å². The molecule has 44 heavy (non-hydrogen) atoms. The first-order chi connectivity index (χ1) is 21.3. The van der Waals surface area contributed by atoms with Crippen LogP contribution in [-0.2, 0) is 16.6 Å². The summed E-state index contributed by atoms with van der Waals surface area (Å²) in [6, 6.07) is 10.3. The zero-order chi connectivity index (χ0) is 30.8. The molecule has 0 spiro atoms. The van der Waals surface area contributed by atoms with E-state index in [1.807, 2.05) is 18.2 Å². The number of nitrogens with one attached hydrogen (secondary N) is 1. The molecule has 1 saturated heterocycles. The third-order valence-corrected chi connectivity index (χ3v) is 9.45. The van der Waals surface area contributed by atoms with Crippen molar-refractivity contribution in [3.05, 3.63) is 69.5 Å². The van der Waals surface area contributed by atoms with E-state index in [0.717, 1.165) is 5.56 Å². The van der Waals surface area contributed by atoms with Crippen LogP contribution >= 0.6 is 11.6 Å². The standard InChI is InChI=1S/C27H29ClN10O5S/c1-3-42-21-14-23(22(43-4-2)13-20(21)38-16-29-33-35-38)44(40,41)36-10-8-18(9-11-36)25-30-26-24(27(39)31-25)32-34-37(26)15-17-6-5-7-19(28)12-17/h5-7,12-14,16,18H,3-4,8-11,15H2,1-2H3,(H,30,31,39). The predicted molar refractivity (Wildman–Crippen MR) is 159 cm³/mol. The summed E-state index contributed by atoms with van der Waals surface area (Å²) < 4.78 is 43.8. The van der Waals surface area contributed by atoms with E-state index in [1.54, 1.807) is 30.7 Å². The third kappa shape index (κ3) is 5.75. The van der Waals surface area contributed by atoms with Gasteiger partial charge in [-0.15, -0.1) is 10.2 Å². The van der Waals surface area contributed by atoms with Crippen molar-refractivity contribution >= 4 is 32.8 Å². The average Bonchev–Trinajstić information content (AvgIpc) is 3.69. The first-order valence-corrected chi connectivity index (χ1v) is 15.8. The van der Waals surface area contributed by atoms with Gasteiger partial charge >= 0.3 is 0 Å². The van der Waals surface area contributed by atoms with Gasteiger partial charge in [-0.1, -0.05) is 28.9 Å². The van der Waals surface area contributed by atoms with E-state index in [1.165, 1.54) is 21.4 Å². The minimum absolute atomic E-state index is 0.0120. The number of ether oxygens (including phenoxy) is 2. The lowest BCUT2D eigenvalue weighted by Crippen LogP contribution is -2.38. The van der Waals surface area contributed by atoms with Crippen LogP contribution < -0.4 is 15.0 Å². The Hall–Kier alpha value is -4.41. The molecule has 1 N–H and O–H groups in total. The quantitative estimate of drug-likeness (QED) is 0.237. The Labute approximate surface area is 256 Å². The number of nitrogens with zero attached hydrogens (tertiary/aromatic N) is 9. The lowest BCUT2D eigenvalue weighted by molar-refractivity contribution is 0.304. The lowest BCUT2D eigenvalue weighted by atomic mass is 9.97. The minimum atomic E-state index is -3.99. The van der Waals surface area contributed by atoms with Crippen LogP contribution in [0, 0.1) is 0 Å². The number of halogens is 1. The summed E-state index contributed by atoms with van der Waals surface area (Å²) in [6.07, 6.45) is 2.27. The molecule has 0 aliphatic carbocycles. The van der Waals surface area contributed by atoms with Crippen molar-refractivity contribution in [3.8, 4) is 17.2 Å². The molecule has 3 aromatic heterocycles. The Morgan fingerprint density at radius 1 is 1.05 bits per heavy atom. The van der Waals surface area contributed by atoms with Gasteiger partial charge in [0.2, 0.25) is 10.0 Å². The van der Waals surface area contributed by atoms with Crippen molar-refractivity contribution in [3.63, 3.8) is 0 Å². The monoisotopic (exact) mass is 640 g/mol.